The van der Waals surface area contributed by atoms with Crippen LogP contribution in [0.1, 0.15) is 37.0 Å². The zero-order valence-electron chi connectivity index (χ0n) is 11.6. The lowest BCUT2D eigenvalue weighted by Crippen LogP contribution is -2.40. The highest BCUT2D eigenvalue weighted by molar-refractivity contribution is 5.95. The standard InChI is InChI=1S/C15H21NO3/c1-3-13-10-16(7-4-8-17)14-9-12(11(2)18)5-6-15(14)19-13/h5-6,9,13,17H,3-4,7-8,10H2,1-2H3. The van der Waals surface area contributed by atoms with Gasteiger partial charge in [0.25, 0.3) is 0 Å². The van der Waals surface area contributed by atoms with E-state index in [0.29, 0.717) is 5.56 Å². The molecule has 0 saturated carbocycles. The largest absolute Gasteiger partial charge is 0.486 e. The van der Waals surface area contributed by atoms with Crippen molar-refractivity contribution in [1.29, 1.82) is 0 Å². The quantitative estimate of drug-likeness (QED) is 0.828. The van der Waals surface area contributed by atoms with Crippen molar-refractivity contribution in [3.63, 3.8) is 0 Å². The monoisotopic (exact) mass is 263 g/mol. The molecule has 1 unspecified atom stereocenters. The molecule has 0 fully saturated rings. The molecule has 104 valence electrons. The molecule has 1 N–H and O–H groups in total. The van der Waals surface area contributed by atoms with Crippen molar-refractivity contribution in [2.45, 2.75) is 32.8 Å². The highest BCUT2D eigenvalue weighted by Crippen LogP contribution is 2.35. The van der Waals surface area contributed by atoms with E-state index < -0.39 is 0 Å². The summed E-state index contributed by atoms with van der Waals surface area (Å²) in [6.07, 6.45) is 1.85. The molecule has 0 saturated heterocycles. The molecule has 4 nitrogen and oxygen atoms in total. The van der Waals surface area contributed by atoms with E-state index in [1.807, 2.05) is 18.2 Å². The zero-order valence-corrected chi connectivity index (χ0v) is 11.6. The number of ketones is 1. The van der Waals surface area contributed by atoms with Crippen LogP contribution >= 0.6 is 0 Å². The molecule has 0 aromatic heterocycles. The summed E-state index contributed by atoms with van der Waals surface area (Å²) in [7, 11) is 0. The van der Waals surface area contributed by atoms with E-state index in [2.05, 4.69) is 11.8 Å². The number of nitrogens with zero attached hydrogens (tertiary/aromatic N) is 1. The molecule has 1 aliphatic heterocycles. The fourth-order valence-electron chi connectivity index (χ4n) is 2.33. The summed E-state index contributed by atoms with van der Waals surface area (Å²) in [6.45, 7) is 5.44. The molecule has 0 spiro atoms. The summed E-state index contributed by atoms with van der Waals surface area (Å²) in [5.74, 6) is 0.892. The Balaban J connectivity index is 2.30. The number of Topliss-reactive ketones (excluding diaryl/α,β-unsaturated/α-hetero) is 1. The molecule has 1 heterocycles. The van der Waals surface area contributed by atoms with Crippen molar-refractivity contribution >= 4 is 11.5 Å². The Labute approximate surface area is 114 Å². The number of aliphatic hydroxyl groups is 1. The van der Waals surface area contributed by atoms with Gasteiger partial charge in [-0.3, -0.25) is 4.79 Å². The van der Waals surface area contributed by atoms with E-state index >= 15 is 0 Å². The van der Waals surface area contributed by atoms with Crippen molar-refractivity contribution in [2.75, 3.05) is 24.6 Å². The van der Waals surface area contributed by atoms with Gasteiger partial charge in [-0.05, 0) is 38.0 Å². The highest BCUT2D eigenvalue weighted by atomic mass is 16.5. The average Bonchev–Trinajstić information content (AvgIpc) is 2.43. The fraction of sp³-hybridized carbons (Fsp3) is 0.533. The number of ether oxygens (including phenoxy) is 1. The predicted octanol–water partition coefficient (Wildman–Crippen LogP) is 2.25. The number of fused-ring (bicyclic) bond motifs is 1. The van der Waals surface area contributed by atoms with Crippen molar-refractivity contribution in [2.24, 2.45) is 0 Å². The van der Waals surface area contributed by atoms with Gasteiger partial charge in [-0.15, -0.1) is 0 Å². The summed E-state index contributed by atoms with van der Waals surface area (Å²) in [5, 5.41) is 9.00. The van der Waals surface area contributed by atoms with Crippen LogP contribution in [0.2, 0.25) is 0 Å². The number of hydrogen-bond donors (Lipinski definition) is 1. The molecule has 1 aromatic carbocycles. The van der Waals surface area contributed by atoms with Crippen LogP contribution in [-0.4, -0.2) is 36.7 Å². The SMILES string of the molecule is CCC1CN(CCCO)c2cc(C(C)=O)ccc2O1. The molecular formula is C15H21NO3. The van der Waals surface area contributed by atoms with Crippen molar-refractivity contribution in [1.82, 2.24) is 0 Å². The first-order valence-electron chi connectivity index (χ1n) is 6.83. The molecule has 19 heavy (non-hydrogen) atoms. The smallest absolute Gasteiger partial charge is 0.159 e. The van der Waals surface area contributed by atoms with E-state index in [0.717, 1.165) is 37.4 Å². The Bertz CT molecular complexity index is 459. The Morgan fingerprint density at radius 3 is 2.95 bits per heavy atom. The van der Waals surface area contributed by atoms with Crippen LogP contribution in [0.4, 0.5) is 5.69 Å². The van der Waals surface area contributed by atoms with E-state index in [-0.39, 0.29) is 18.5 Å². The number of aliphatic hydroxyl groups excluding tert-OH is 1. The molecular weight excluding hydrogens is 242 g/mol. The van der Waals surface area contributed by atoms with Gasteiger partial charge in [0, 0.05) is 18.7 Å². The number of anilines is 1. The molecule has 0 amide bonds. The van der Waals surface area contributed by atoms with E-state index in [9.17, 15) is 4.79 Å². The topological polar surface area (TPSA) is 49.8 Å². The third-order valence-corrected chi connectivity index (χ3v) is 3.47. The fourth-order valence-corrected chi connectivity index (χ4v) is 2.33. The van der Waals surface area contributed by atoms with Gasteiger partial charge >= 0.3 is 0 Å². The number of rotatable bonds is 5. The third kappa shape index (κ3) is 3.07. The molecule has 1 aliphatic rings. The maximum Gasteiger partial charge on any atom is 0.159 e. The van der Waals surface area contributed by atoms with Crippen LogP contribution in [0.5, 0.6) is 5.75 Å². The van der Waals surface area contributed by atoms with Crippen LogP contribution in [0.15, 0.2) is 18.2 Å². The summed E-state index contributed by atoms with van der Waals surface area (Å²) in [6, 6.07) is 5.57. The van der Waals surface area contributed by atoms with E-state index in [1.165, 1.54) is 0 Å². The first-order valence-corrected chi connectivity index (χ1v) is 6.83. The Hall–Kier alpha value is -1.55. The summed E-state index contributed by atoms with van der Waals surface area (Å²) < 4.78 is 5.91. The van der Waals surface area contributed by atoms with Crippen molar-refractivity contribution < 1.29 is 14.6 Å². The molecule has 1 atom stereocenters. The number of carbonyl (C=O) groups is 1. The van der Waals surface area contributed by atoms with Gasteiger partial charge in [0.1, 0.15) is 11.9 Å². The predicted molar refractivity (Wildman–Crippen MR) is 75.1 cm³/mol. The van der Waals surface area contributed by atoms with Crippen LogP contribution in [0.25, 0.3) is 0 Å². The minimum atomic E-state index is 0.0579. The molecule has 0 radical (unpaired) electrons. The van der Waals surface area contributed by atoms with E-state index in [4.69, 9.17) is 9.84 Å². The van der Waals surface area contributed by atoms with Crippen molar-refractivity contribution in [3.05, 3.63) is 23.8 Å². The lowest BCUT2D eigenvalue weighted by molar-refractivity contribution is 0.101. The first kappa shape index (κ1) is 13.9. The van der Waals surface area contributed by atoms with Gasteiger partial charge in [0.2, 0.25) is 0 Å². The van der Waals surface area contributed by atoms with Crippen LogP contribution in [-0.2, 0) is 0 Å². The lowest BCUT2D eigenvalue weighted by atomic mass is 10.1. The second kappa shape index (κ2) is 6.06. The second-order valence-electron chi connectivity index (χ2n) is 4.91. The van der Waals surface area contributed by atoms with Gasteiger partial charge < -0.3 is 14.7 Å². The Kier molecular flexibility index (Phi) is 4.43. The highest BCUT2D eigenvalue weighted by Gasteiger charge is 2.24. The third-order valence-electron chi connectivity index (χ3n) is 3.47. The maximum absolute atomic E-state index is 11.5. The van der Waals surface area contributed by atoms with Crippen LogP contribution in [0.3, 0.4) is 0 Å². The van der Waals surface area contributed by atoms with Gasteiger partial charge in [-0.2, -0.15) is 0 Å². The van der Waals surface area contributed by atoms with Gasteiger partial charge in [0.05, 0.1) is 12.2 Å². The summed E-state index contributed by atoms with van der Waals surface area (Å²) in [5.41, 5.74) is 1.66. The second-order valence-corrected chi connectivity index (χ2v) is 4.91. The molecule has 4 heteroatoms. The maximum atomic E-state index is 11.5. The lowest BCUT2D eigenvalue weighted by Gasteiger charge is -2.36. The Morgan fingerprint density at radius 2 is 2.32 bits per heavy atom. The molecule has 0 bridgehead atoms. The van der Waals surface area contributed by atoms with Gasteiger partial charge in [-0.1, -0.05) is 6.92 Å². The molecule has 1 aromatic rings. The summed E-state index contributed by atoms with van der Waals surface area (Å²) >= 11 is 0. The normalized spacial score (nSPS) is 17.8. The van der Waals surface area contributed by atoms with Gasteiger partial charge in [0.15, 0.2) is 5.78 Å². The minimum Gasteiger partial charge on any atom is -0.486 e. The van der Waals surface area contributed by atoms with Crippen LogP contribution < -0.4 is 9.64 Å². The average molecular weight is 263 g/mol. The number of carbonyl (C=O) groups excluding carboxylic acids is 1. The van der Waals surface area contributed by atoms with Crippen molar-refractivity contribution in [3.8, 4) is 5.75 Å². The first-order chi connectivity index (χ1) is 9.15. The van der Waals surface area contributed by atoms with E-state index in [1.54, 1.807) is 6.92 Å². The number of benzene rings is 1. The molecule has 0 aliphatic carbocycles. The van der Waals surface area contributed by atoms with Crippen LogP contribution in [0, 0.1) is 0 Å². The number of hydrogen-bond acceptors (Lipinski definition) is 4. The molecule has 2 rings (SSSR count). The Morgan fingerprint density at radius 1 is 1.53 bits per heavy atom. The zero-order chi connectivity index (χ0) is 13.8. The minimum absolute atomic E-state index is 0.0579. The summed E-state index contributed by atoms with van der Waals surface area (Å²) in [4.78, 5) is 13.7. The van der Waals surface area contributed by atoms with Gasteiger partial charge in [-0.25, -0.2) is 0 Å².